The Hall–Kier alpha value is -0.940. The van der Waals surface area contributed by atoms with E-state index < -0.39 is 5.82 Å². The van der Waals surface area contributed by atoms with Crippen molar-refractivity contribution in [2.24, 2.45) is 16.7 Å². The largest absolute Gasteiger partial charge is 0.377 e. The maximum absolute atomic E-state index is 13.0. The summed E-state index contributed by atoms with van der Waals surface area (Å²) in [6.07, 6.45) is 0. The molecular weight excluding hydrogens is 225 g/mol. The van der Waals surface area contributed by atoms with Crippen molar-refractivity contribution in [3.8, 4) is 0 Å². The molecule has 0 aliphatic rings. The fourth-order valence-corrected chi connectivity index (χ4v) is 1.74. The summed E-state index contributed by atoms with van der Waals surface area (Å²) in [4.78, 5) is 0. The average molecular weight is 234 g/mol. The highest BCUT2D eigenvalue weighted by Gasteiger charge is 2.06. The molecule has 0 unspecified atom stereocenters. The summed E-state index contributed by atoms with van der Waals surface area (Å²) in [6, 6.07) is 4.62. The van der Waals surface area contributed by atoms with E-state index in [0.717, 1.165) is 0 Å². The molecule has 0 saturated heterocycles. The standard InChI is InChI=1S/C8H9ClFN3S/c9-7-5(2-1-3-6(7)10)4-14-8(11)13-12/h1-3H,4,12H2,(H2,11,13). The molecule has 0 amide bonds. The van der Waals surface area contributed by atoms with E-state index in [9.17, 15) is 4.39 Å². The molecule has 0 atom stereocenters. The van der Waals surface area contributed by atoms with Crippen LogP contribution in [0.25, 0.3) is 0 Å². The quantitative estimate of drug-likeness (QED) is 0.355. The number of hydrazone groups is 1. The first-order valence-corrected chi connectivity index (χ1v) is 5.10. The van der Waals surface area contributed by atoms with Gasteiger partial charge in [0, 0.05) is 5.75 Å². The van der Waals surface area contributed by atoms with Crippen LogP contribution in [0.1, 0.15) is 5.56 Å². The number of nitrogens with zero attached hydrogens (tertiary/aromatic N) is 1. The van der Waals surface area contributed by atoms with Crippen molar-refractivity contribution in [1.82, 2.24) is 0 Å². The van der Waals surface area contributed by atoms with Gasteiger partial charge in [0.05, 0.1) is 5.02 Å². The van der Waals surface area contributed by atoms with E-state index in [-0.39, 0.29) is 10.2 Å². The predicted octanol–water partition coefficient (Wildman–Crippen LogP) is 1.90. The highest BCUT2D eigenvalue weighted by atomic mass is 35.5. The van der Waals surface area contributed by atoms with Crippen molar-refractivity contribution in [2.75, 3.05) is 0 Å². The normalized spacial score (nSPS) is 11.7. The summed E-state index contributed by atoms with van der Waals surface area (Å²) >= 11 is 6.92. The van der Waals surface area contributed by atoms with Crippen LogP contribution in [0.15, 0.2) is 23.3 Å². The number of thioether (sulfide) groups is 1. The second-order valence-electron chi connectivity index (χ2n) is 2.47. The maximum atomic E-state index is 13.0. The van der Waals surface area contributed by atoms with Gasteiger partial charge in [0.1, 0.15) is 5.82 Å². The zero-order chi connectivity index (χ0) is 10.6. The summed E-state index contributed by atoms with van der Waals surface area (Å²) in [5.41, 5.74) is 6.03. The van der Waals surface area contributed by atoms with Crippen molar-refractivity contribution in [3.05, 3.63) is 34.6 Å². The monoisotopic (exact) mass is 233 g/mol. The van der Waals surface area contributed by atoms with E-state index in [0.29, 0.717) is 11.3 Å². The molecule has 0 heterocycles. The Morgan fingerprint density at radius 2 is 2.29 bits per heavy atom. The Bertz CT molecular complexity index is 356. The fraction of sp³-hybridized carbons (Fsp3) is 0.125. The van der Waals surface area contributed by atoms with Gasteiger partial charge in [0.25, 0.3) is 0 Å². The summed E-state index contributed by atoms with van der Waals surface area (Å²) in [7, 11) is 0. The van der Waals surface area contributed by atoms with E-state index in [4.69, 9.17) is 23.2 Å². The van der Waals surface area contributed by atoms with Crippen LogP contribution in [0.3, 0.4) is 0 Å². The van der Waals surface area contributed by atoms with E-state index in [1.807, 2.05) is 0 Å². The van der Waals surface area contributed by atoms with Crippen molar-refractivity contribution in [3.63, 3.8) is 0 Å². The Morgan fingerprint density at radius 3 is 2.93 bits per heavy atom. The van der Waals surface area contributed by atoms with Crippen LogP contribution in [-0.4, -0.2) is 5.17 Å². The first-order chi connectivity index (χ1) is 6.65. The Labute approximate surface area is 90.3 Å². The predicted molar refractivity (Wildman–Crippen MR) is 58.5 cm³/mol. The van der Waals surface area contributed by atoms with Crippen LogP contribution in [0, 0.1) is 5.82 Å². The van der Waals surface area contributed by atoms with Gasteiger partial charge in [0.2, 0.25) is 0 Å². The molecule has 3 nitrogen and oxygen atoms in total. The molecule has 1 aromatic rings. The summed E-state index contributed by atoms with van der Waals surface area (Å²) in [5.74, 6) is 4.95. The maximum Gasteiger partial charge on any atom is 0.177 e. The Morgan fingerprint density at radius 1 is 1.57 bits per heavy atom. The molecule has 0 spiro atoms. The second-order valence-corrected chi connectivity index (χ2v) is 3.84. The molecule has 1 aromatic carbocycles. The molecule has 1 rings (SSSR count). The number of amidine groups is 1. The van der Waals surface area contributed by atoms with Crippen molar-refractivity contribution in [2.45, 2.75) is 5.75 Å². The molecule has 4 N–H and O–H groups in total. The number of rotatable bonds is 2. The third-order valence-electron chi connectivity index (χ3n) is 1.53. The minimum atomic E-state index is -0.437. The second kappa shape index (κ2) is 5.07. The van der Waals surface area contributed by atoms with Crippen molar-refractivity contribution >= 4 is 28.5 Å². The molecule has 6 heteroatoms. The van der Waals surface area contributed by atoms with E-state index in [1.54, 1.807) is 12.1 Å². The first-order valence-electron chi connectivity index (χ1n) is 3.74. The smallest absolute Gasteiger partial charge is 0.177 e. The fourth-order valence-electron chi connectivity index (χ4n) is 0.849. The van der Waals surface area contributed by atoms with Gasteiger partial charge in [-0.25, -0.2) is 4.39 Å². The lowest BCUT2D eigenvalue weighted by Crippen LogP contribution is -2.09. The lowest BCUT2D eigenvalue weighted by atomic mass is 10.2. The number of hydrogen-bond donors (Lipinski definition) is 2. The van der Waals surface area contributed by atoms with Crippen LogP contribution >= 0.6 is 23.4 Å². The molecule has 0 aromatic heterocycles. The SMILES string of the molecule is N/N=C(/N)SCc1cccc(F)c1Cl. The topological polar surface area (TPSA) is 64.4 Å². The average Bonchev–Trinajstić information content (AvgIpc) is 2.20. The highest BCUT2D eigenvalue weighted by Crippen LogP contribution is 2.23. The molecule has 0 saturated carbocycles. The summed E-state index contributed by atoms with van der Waals surface area (Å²) in [5, 5.41) is 3.63. The third-order valence-corrected chi connectivity index (χ3v) is 2.81. The van der Waals surface area contributed by atoms with Gasteiger partial charge >= 0.3 is 0 Å². The van der Waals surface area contributed by atoms with Gasteiger partial charge in [-0.1, -0.05) is 35.5 Å². The third kappa shape index (κ3) is 2.78. The minimum absolute atomic E-state index is 0.116. The number of hydrogen-bond acceptors (Lipinski definition) is 3. The van der Waals surface area contributed by atoms with Gasteiger partial charge in [-0.2, -0.15) is 5.10 Å². The molecule has 14 heavy (non-hydrogen) atoms. The van der Waals surface area contributed by atoms with Gasteiger partial charge in [-0.15, -0.1) is 0 Å². The van der Waals surface area contributed by atoms with E-state index >= 15 is 0 Å². The summed E-state index contributed by atoms with van der Waals surface area (Å²) in [6.45, 7) is 0. The number of nitrogens with two attached hydrogens (primary N) is 2. The van der Waals surface area contributed by atoms with E-state index in [2.05, 4.69) is 5.10 Å². The van der Waals surface area contributed by atoms with Crippen LogP contribution in [0.2, 0.25) is 5.02 Å². The summed E-state index contributed by atoms with van der Waals surface area (Å²) < 4.78 is 13.0. The van der Waals surface area contributed by atoms with Crippen LogP contribution in [0.4, 0.5) is 4.39 Å². The Kier molecular flexibility index (Phi) is 4.03. The highest BCUT2D eigenvalue weighted by molar-refractivity contribution is 8.13. The molecule has 0 radical (unpaired) electrons. The van der Waals surface area contributed by atoms with Gasteiger partial charge < -0.3 is 11.6 Å². The van der Waals surface area contributed by atoms with Gasteiger partial charge in [0.15, 0.2) is 5.17 Å². The van der Waals surface area contributed by atoms with Crippen LogP contribution in [0.5, 0.6) is 0 Å². The molecule has 0 aliphatic heterocycles. The molecule has 0 fully saturated rings. The lowest BCUT2D eigenvalue weighted by molar-refractivity contribution is 0.627. The number of benzene rings is 1. The van der Waals surface area contributed by atoms with Gasteiger partial charge in [-0.3, -0.25) is 0 Å². The zero-order valence-electron chi connectivity index (χ0n) is 7.21. The molecular formula is C8H9ClFN3S. The molecule has 0 aliphatic carbocycles. The van der Waals surface area contributed by atoms with E-state index in [1.165, 1.54) is 17.8 Å². The zero-order valence-corrected chi connectivity index (χ0v) is 8.78. The Balaban J connectivity index is 2.73. The van der Waals surface area contributed by atoms with Crippen molar-refractivity contribution < 1.29 is 4.39 Å². The van der Waals surface area contributed by atoms with Crippen molar-refractivity contribution in [1.29, 1.82) is 0 Å². The van der Waals surface area contributed by atoms with Crippen LogP contribution < -0.4 is 11.6 Å². The molecule has 0 bridgehead atoms. The van der Waals surface area contributed by atoms with Gasteiger partial charge in [-0.05, 0) is 11.6 Å². The van der Waals surface area contributed by atoms with Crippen LogP contribution in [-0.2, 0) is 5.75 Å². The minimum Gasteiger partial charge on any atom is -0.377 e. The molecule has 76 valence electrons. The lowest BCUT2D eigenvalue weighted by Gasteiger charge is -2.03. The first kappa shape index (κ1) is 11.1. The number of halogens is 2.